The molecule has 0 spiro atoms. The maximum absolute atomic E-state index is 12.2. The van der Waals surface area contributed by atoms with Crippen LogP contribution in [0.4, 0.5) is 0 Å². The molecule has 20 heavy (non-hydrogen) atoms. The van der Waals surface area contributed by atoms with E-state index in [2.05, 4.69) is 4.72 Å². The van der Waals surface area contributed by atoms with Crippen molar-refractivity contribution >= 4 is 16.0 Å². The second-order valence-electron chi connectivity index (χ2n) is 4.75. The smallest absolute Gasteiger partial charge is 0.339 e. The molecule has 0 aliphatic carbocycles. The summed E-state index contributed by atoms with van der Waals surface area (Å²) in [6.45, 7) is 5.19. The fourth-order valence-corrected chi connectivity index (χ4v) is 3.48. The summed E-state index contributed by atoms with van der Waals surface area (Å²) in [6.07, 6.45) is 1.51. The Labute approximate surface area is 118 Å². The van der Waals surface area contributed by atoms with Crippen LogP contribution in [0.2, 0.25) is 0 Å². The number of carboxylic acids is 1. The van der Waals surface area contributed by atoms with E-state index in [4.69, 9.17) is 5.11 Å². The van der Waals surface area contributed by atoms with Gasteiger partial charge in [0.1, 0.15) is 11.3 Å². The molecule has 0 heterocycles. The number of aryl methyl sites for hydroxylation is 1. The number of aromatic hydroxyl groups is 1. The Morgan fingerprint density at radius 2 is 2.00 bits per heavy atom. The molecule has 1 atom stereocenters. The summed E-state index contributed by atoms with van der Waals surface area (Å²) in [5.41, 5.74) is -0.136. The van der Waals surface area contributed by atoms with Crippen LogP contribution in [0.3, 0.4) is 0 Å². The fraction of sp³-hybridized carbons (Fsp3) is 0.462. The van der Waals surface area contributed by atoms with Gasteiger partial charge < -0.3 is 10.2 Å². The Morgan fingerprint density at radius 1 is 1.40 bits per heavy atom. The van der Waals surface area contributed by atoms with Crippen LogP contribution in [0.5, 0.6) is 5.75 Å². The highest BCUT2D eigenvalue weighted by Gasteiger charge is 2.23. The Hall–Kier alpha value is -1.60. The molecule has 0 aliphatic rings. The van der Waals surface area contributed by atoms with E-state index in [1.807, 2.05) is 6.92 Å². The SMILES string of the molecule is CCCC(C)NS(=O)(=O)c1cc(C(=O)O)c(O)cc1C. The van der Waals surface area contributed by atoms with Crippen LogP contribution >= 0.6 is 0 Å². The van der Waals surface area contributed by atoms with Crippen LogP contribution in [0.15, 0.2) is 17.0 Å². The van der Waals surface area contributed by atoms with Gasteiger partial charge in [0, 0.05) is 6.04 Å². The average Bonchev–Trinajstić information content (AvgIpc) is 2.27. The number of benzene rings is 1. The zero-order valence-electron chi connectivity index (χ0n) is 11.7. The Morgan fingerprint density at radius 3 is 2.50 bits per heavy atom. The molecule has 0 fully saturated rings. The van der Waals surface area contributed by atoms with Crippen molar-refractivity contribution in [1.82, 2.24) is 4.72 Å². The average molecular weight is 301 g/mol. The monoisotopic (exact) mass is 301 g/mol. The maximum atomic E-state index is 12.2. The number of hydrogen-bond acceptors (Lipinski definition) is 4. The lowest BCUT2D eigenvalue weighted by molar-refractivity contribution is 0.0693. The van der Waals surface area contributed by atoms with E-state index in [0.29, 0.717) is 12.0 Å². The highest BCUT2D eigenvalue weighted by atomic mass is 32.2. The summed E-state index contributed by atoms with van der Waals surface area (Å²) < 4.78 is 27.0. The first-order valence-corrected chi connectivity index (χ1v) is 7.76. The van der Waals surface area contributed by atoms with Crippen molar-refractivity contribution in [3.05, 3.63) is 23.3 Å². The van der Waals surface area contributed by atoms with Crippen molar-refractivity contribution in [2.24, 2.45) is 0 Å². The molecule has 1 aromatic rings. The predicted octanol–water partition coefficient (Wildman–Crippen LogP) is 1.87. The van der Waals surface area contributed by atoms with Crippen molar-refractivity contribution in [3.8, 4) is 5.75 Å². The van der Waals surface area contributed by atoms with Gasteiger partial charge in [-0.15, -0.1) is 0 Å². The van der Waals surface area contributed by atoms with Gasteiger partial charge in [-0.1, -0.05) is 13.3 Å². The van der Waals surface area contributed by atoms with Crippen LogP contribution in [-0.2, 0) is 10.0 Å². The van der Waals surface area contributed by atoms with Crippen molar-refractivity contribution in [1.29, 1.82) is 0 Å². The van der Waals surface area contributed by atoms with Crippen LogP contribution in [0.25, 0.3) is 0 Å². The van der Waals surface area contributed by atoms with Gasteiger partial charge in [-0.05, 0) is 38.0 Å². The van der Waals surface area contributed by atoms with E-state index in [1.54, 1.807) is 6.92 Å². The maximum Gasteiger partial charge on any atom is 0.339 e. The van der Waals surface area contributed by atoms with Gasteiger partial charge in [-0.2, -0.15) is 0 Å². The lowest BCUT2D eigenvalue weighted by Gasteiger charge is -2.15. The lowest BCUT2D eigenvalue weighted by Crippen LogP contribution is -2.33. The minimum absolute atomic E-state index is 0.129. The van der Waals surface area contributed by atoms with Crippen LogP contribution in [0.1, 0.15) is 42.6 Å². The molecule has 3 N–H and O–H groups in total. The number of rotatable bonds is 6. The highest BCUT2D eigenvalue weighted by molar-refractivity contribution is 7.89. The number of phenols is 1. The Bertz CT molecular complexity index is 609. The first-order valence-electron chi connectivity index (χ1n) is 6.28. The number of sulfonamides is 1. The molecule has 6 nitrogen and oxygen atoms in total. The first-order chi connectivity index (χ1) is 9.19. The summed E-state index contributed by atoms with van der Waals surface area (Å²) in [6, 6.07) is 1.88. The highest BCUT2D eigenvalue weighted by Crippen LogP contribution is 2.25. The van der Waals surface area contributed by atoms with E-state index in [-0.39, 0.29) is 10.9 Å². The van der Waals surface area contributed by atoms with Gasteiger partial charge in [0.15, 0.2) is 0 Å². The summed E-state index contributed by atoms with van der Waals surface area (Å²) in [4.78, 5) is 10.8. The van der Waals surface area contributed by atoms with Crippen LogP contribution in [0, 0.1) is 6.92 Å². The molecular formula is C13H19NO5S. The fourth-order valence-electron chi connectivity index (χ4n) is 1.95. The molecule has 0 radical (unpaired) electrons. The number of aromatic carboxylic acids is 1. The molecule has 0 aromatic heterocycles. The predicted molar refractivity (Wildman–Crippen MR) is 74.5 cm³/mol. The van der Waals surface area contributed by atoms with E-state index in [1.165, 1.54) is 6.92 Å². The van der Waals surface area contributed by atoms with E-state index >= 15 is 0 Å². The summed E-state index contributed by atoms with van der Waals surface area (Å²) in [5.74, 6) is -1.82. The third kappa shape index (κ3) is 3.71. The largest absolute Gasteiger partial charge is 0.507 e. The molecule has 112 valence electrons. The van der Waals surface area contributed by atoms with Crippen molar-refractivity contribution in [2.45, 2.75) is 44.6 Å². The van der Waals surface area contributed by atoms with E-state index in [9.17, 15) is 18.3 Å². The molecule has 1 unspecified atom stereocenters. The van der Waals surface area contributed by atoms with Gasteiger partial charge in [0.2, 0.25) is 10.0 Å². The summed E-state index contributed by atoms with van der Waals surface area (Å²) in [7, 11) is -3.81. The van der Waals surface area contributed by atoms with Gasteiger partial charge in [0.05, 0.1) is 4.90 Å². The first kappa shape index (κ1) is 16.5. The zero-order valence-corrected chi connectivity index (χ0v) is 12.5. The molecule has 0 bridgehead atoms. The standard InChI is InChI=1S/C13H19NO5S/c1-4-5-9(3)14-20(18,19)12-7-10(13(16)17)11(15)6-8(12)2/h6-7,9,14-15H,4-5H2,1-3H3,(H,16,17). The van der Waals surface area contributed by atoms with Crippen molar-refractivity contribution < 1.29 is 23.4 Å². The zero-order chi connectivity index (χ0) is 15.5. The normalized spacial score (nSPS) is 13.2. The molecule has 0 aliphatic heterocycles. The molecular weight excluding hydrogens is 282 g/mol. The van der Waals surface area contributed by atoms with Gasteiger partial charge in [-0.3, -0.25) is 0 Å². The number of nitrogens with one attached hydrogen (secondary N) is 1. The third-order valence-corrected chi connectivity index (χ3v) is 4.62. The van der Waals surface area contributed by atoms with Crippen LogP contribution in [-0.4, -0.2) is 30.6 Å². The van der Waals surface area contributed by atoms with Crippen molar-refractivity contribution in [3.63, 3.8) is 0 Å². The Kier molecular flexibility index (Phi) is 5.13. The minimum atomic E-state index is -3.81. The third-order valence-electron chi connectivity index (χ3n) is 2.89. The summed E-state index contributed by atoms with van der Waals surface area (Å²) >= 11 is 0. The summed E-state index contributed by atoms with van der Waals surface area (Å²) in [5, 5.41) is 18.5. The quantitative estimate of drug-likeness (QED) is 0.744. The molecule has 0 saturated heterocycles. The molecule has 1 aromatic carbocycles. The molecule has 0 amide bonds. The topological polar surface area (TPSA) is 104 Å². The minimum Gasteiger partial charge on any atom is -0.507 e. The molecule has 0 saturated carbocycles. The second-order valence-corrected chi connectivity index (χ2v) is 6.43. The Balaban J connectivity index is 3.24. The number of carboxylic acid groups (broad SMARTS) is 1. The van der Waals surface area contributed by atoms with E-state index in [0.717, 1.165) is 18.6 Å². The van der Waals surface area contributed by atoms with Crippen LogP contribution < -0.4 is 4.72 Å². The lowest BCUT2D eigenvalue weighted by atomic mass is 10.1. The van der Waals surface area contributed by atoms with Crippen molar-refractivity contribution in [2.75, 3.05) is 0 Å². The molecule has 7 heteroatoms. The van der Waals surface area contributed by atoms with Gasteiger partial charge in [-0.25, -0.2) is 17.9 Å². The number of hydrogen-bond donors (Lipinski definition) is 3. The van der Waals surface area contributed by atoms with E-state index < -0.39 is 27.3 Å². The molecule has 1 rings (SSSR count). The van der Waals surface area contributed by atoms with Gasteiger partial charge in [0.25, 0.3) is 0 Å². The van der Waals surface area contributed by atoms with Gasteiger partial charge >= 0.3 is 5.97 Å². The second kappa shape index (κ2) is 6.23. The number of carbonyl (C=O) groups is 1.